The van der Waals surface area contributed by atoms with Crippen molar-refractivity contribution in [3.05, 3.63) is 47.5 Å². The van der Waals surface area contributed by atoms with E-state index in [0.717, 1.165) is 6.07 Å². The highest BCUT2D eigenvalue weighted by Crippen LogP contribution is 2.43. The Morgan fingerprint density at radius 3 is 2.26 bits per heavy atom. The Morgan fingerprint density at radius 2 is 1.60 bits per heavy atom. The standard InChI is InChI=1S/C28H34O14/c1-11-21(32)23(34)25(36)27(38-11)42-26-24(35)22(33)19(10-29)41-28(26)39-14-7-15(30)20-16(31)9-17(40-18(20)8-14)12-3-5-13(37-2)6-4-12/h3-8,11,17,19,21-30,32-36H,9-10H2,1-2H3/t11-,17?,19+,21-,22+,23+,24-,25+,26+,27-,28+/m0/s1. The molecule has 14 heteroatoms. The number of hydrogen-bond donors (Lipinski definition) is 7. The van der Waals surface area contributed by atoms with Gasteiger partial charge in [-0.2, -0.15) is 0 Å². The van der Waals surface area contributed by atoms with Gasteiger partial charge >= 0.3 is 0 Å². The summed E-state index contributed by atoms with van der Waals surface area (Å²) in [6.45, 7) is 0.733. The van der Waals surface area contributed by atoms with Crippen molar-refractivity contribution in [2.24, 2.45) is 0 Å². The van der Waals surface area contributed by atoms with Crippen LogP contribution in [0.1, 0.15) is 35.4 Å². The average Bonchev–Trinajstić information content (AvgIpc) is 2.97. The molecule has 2 aromatic carbocycles. The van der Waals surface area contributed by atoms with E-state index in [9.17, 15) is 40.5 Å². The second-order valence-electron chi connectivity index (χ2n) is 10.4. The molecule has 3 aliphatic heterocycles. The second kappa shape index (κ2) is 12.3. The predicted molar refractivity (Wildman–Crippen MR) is 139 cm³/mol. The molecule has 1 unspecified atom stereocenters. The van der Waals surface area contributed by atoms with Gasteiger partial charge in [-0.3, -0.25) is 4.79 Å². The predicted octanol–water partition coefficient (Wildman–Crippen LogP) is -0.862. The van der Waals surface area contributed by atoms with Crippen LogP contribution >= 0.6 is 0 Å². The summed E-state index contributed by atoms with van der Waals surface area (Å²) in [6.07, 6.45) is -15.8. The number of rotatable bonds is 7. The van der Waals surface area contributed by atoms with Gasteiger partial charge in [0.15, 0.2) is 18.2 Å². The van der Waals surface area contributed by atoms with Gasteiger partial charge in [0, 0.05) is 12.1 Å². The van der Waals surface area contributed by atoms with Gasteiger partial charge in [0.1, 0.15) is 71.3 Å². The SMILES string of the molecule is COc1ccc(C2CC(=O)c3c(O)cc(O[C@@H]4O[C@H](CO)[C@@H](O)[C@H](O)[C@H]4O[C@@H]4O[C@@H](C)[C@H](O)[C@@H](O)[C@H]4O)cc3O2)cc1. The summed E-state index contributed by atoms with van der Waals surface area (Å²) in [4.78, 5) is 12.9. The molecule has 3 aliphatic rings. The Labute approximate surface area is 240 Å². The zero-order valence-corrected chi connectivity index (χ0v) is 22.7. The van der Waals surface area contributed by atoms with Crippen LogP contribution in [0.5, 0.6) is 23.0 Å². The summed E-state index contributed by atoms with van der Waals surface area (Å²) in [5.41, 5.74) is 0.647. The summed E-state index contributed by atoms with van der Waals surface area (Å²) in [5.74, 6) is -0.244. The van der Waals surface area contributed by atoms with Gasteiger partial charge < -0.3 is 64.2 Å². The van der Waals surface area contributed by atoms with Crippen LogP contribution in [0.4, 0.5) is 0 Å². The number of methoxy groups -OCH3 is 1. The number of hydrogen-bond acceptors (Lipinski definition) is 14. The Balaban J connectivity index is 1.40. The van der Waals surface area contributed by atoms with E-state index in [2.05, 4.69) is 0 Å². The van der Waals surface area contributed by atoms with E-state index >= 15 is 0 Å². The third-order valence-corrected chi connectivity index (χ3v) is 7.64. The largest absolute Gasteiger partial charge is 0.507 e. The molecular formula is C28H34O14. The lowest BCUT2D eigenvalue weighted by Crippen LogP contribution is -2.64. The van der Waals surface area contributed by atoms with E-state index < -0.39 is 79.9 Å². The number of phenolic OH excluding ortho intramolecular Hbond substituents is 1. The van der Waals surface area contributed by atoms with Crippen LogP contribution < -0.4 is 14.2 Å². The number of phenols is 1. The highest BCUT2D eigenvalue weighted by Gasteiger charge is 2.51. The molecule has 11 atom stereocenters. The molecule has 0 bridgehead atoms. The molecule has 42 heavy (non-hydrogen) atoms. The highest BCUT2D eigenvalue weighted by molar-refractivity contribution is 6.02. The average molecular weight is 595 g/mol. The Hall–Kier alpha value is -3.05. The molecule has 0 spiro atoms. The second-order valence-corrected chi connectivity index (χ2v) is 10.4. The smallest absolute Gasteiger partial charge is 0.229 e. The van der Waals surface area contributed by atoms with Crippen molar-refractivity contribution < 1.29 is 69.0 Å². The van der Waals surface area contributed by atoms with Crippen LogP contribution in [0.2, 0.25) is 0 Å². The fraction of sp³-hybridized carbons (Fsp3) is 0.536. The number of benzene rings is 2. The molecule has 0 amide bonds. The van der Waals surface area contributed by atoms with Gasteiger partial charge in [-0.25, -0.2) is 0 Å². The van der Waals surface area contributed by atoms with Crippen LogP contribution in [0, 0.1) is 0 Å². The first-order valence-electron chi connectivity index (χ1n) is 13.4. The van der Waals surface area contributed by atoms with Crippen molar-refractivity contribution in [1.82, 2.24) is 0 Å². The van der Waals surface area contributed by atoms with Gasteiger partial charge in [-0.1, -0.05) is 12.1 Å². The number of ketones is 1. The molecule has 0 saturated carbocycles. The molecule has 2 saturated heterocycles. The number of aliphatic hydroxyl groups excluding tert-OH is 6. The zero-order chi connectivity index (χ0) is 30.3. The lowest BCUT2D eigenvalue weighted by atomic mass is 9.95. The molecule has 2 fully saturated rings. The number of aromatic hydroxyl groups is 1. The number of ether oxygens (including phenoxy) is 6. The maximum Gasteiger partial charge on any atom is 0.229 e. The van der Waals surface area contributed by atoms with E-state index in [-0.39, 0.29) is 29.3 Å². The Bertz CT molecular complexity index is 1250. The van der Waals surface area contributed by atoms with Crippen molar-refractivity contribution in [1.29, 1.82) is 0 Å². The van der Waals surface area contributed by atoms with E-state index in [4.69, 9.17) is 28.4 Å². The van der Waals surface area contributed by atoms with Crippen LogP contribution in [0.3, 0.4) is 0 Å². The molecule has 230 valence electrons. The van der Waals surface area contributed by atoms with E-state index in [0.29, 0.717) is 11.3 Å². The number of Topliss-reactive ketones (excluding diaryl/α,β-unsaturated/α-hetero) is 1. The van der Waals surface area contributed by atoms with Gasteiger partial charge in [-0.15, -0.1) is 0 Å². The Morgan fingerprint density at radius 1 is 0.881 bits per heavy atom. The van der Waals surface area contributed by atoms with E-state index in [1.807, 2.05) is 0 Å². The molecule has 3 heterocycles. The van der Waals surface area contributed by atoms with Crippen molar-refractivity contribution in [2.75, 3.05) is 13.7 Å². The molecule has 0 aromatic heterocycles. The van der Waals surface area contributed by atoms with Gasteiger partial charge in [0.25, 0.3) is 0 Å². The topological polar surface area (TPSA) is 214 Å². The fourth-order valence-corrected chi connectivity index (χ4v) is 5.20. The van der Waals surface area contributed by atoms with Crippen LogP contribution in [-0.4, -0.2) is 117 Å². The third kappa shape index (κ3) is 5.77. The monoisotopic (exact) mass is 594 g/mol. The quantitative estimate of drug-likeness (QED) is 0.208. The molecule has 7 N–H and O–H groups in total. The third-order valence-electron chi connectivity index (χ3n) is 7.64. The van der Waals surface area contributed by atoms with Crippen LogP contribution in [0.25, 0.3) is 0 Å². The summed E-state index contributed by atoms with van der Waals surface area (Å²) >= 11 is 0. The summed E-state index contributed by atoms with van der Waals surface area (Å²) in [7, 11) is 1.53. The number of carbonyl (C=O) groups is 1. The van der Waals surface area contributed by atoms with Gasteiger partial charge in [0.05, 0.1) is 26.2 Å². The number of aliphatic hydroxyl groups is 6. The van der Waals surface area contributed by atoms with Crippen molar-refractivity contribution >= 4 is 5.78 Å². The van der Waals surface area contributed by atoms with Gasteiger partial charge in [-0.05, 0) is 24.6 Å². The summed E-state index contributed by atoms with van der Waals surface area (Å²) < 4.78 is 33.9. The first-order chi connectivity index (χ1) is 20.0. The molecule has 14 nitrogen and oxygen atoms in total. The molecule has 2 aromatic rings. The van der Waals surface area contributed by atoms with Gasteiger partial charge in [0.2, 0.25) is 6.29 Å². The first-order valence-corrected chi connectivity index (χ1v) is 13.4. The highest BCUT2D eigenvalue weighted by atomic mass is 16.8. The minimum Gasteiger partial charge on any atom is -0.507 e. The lowest BCUT2D eigenvalue weighted by molar-refractivity contribution is -0.354. The normalized spacial score (nSPS) is 36.6. The summed E-state index contributed by atoms with van der Waals surface area (Å²) in [6, 6.07) is 9.42. The molecular weight excluding hydrogens is 560 g/mol. The minimum atomic E-state index is -1.74. The first kappa shape index (κ1) is 30.4. The van der Waals surface area contributed by atoms with Crippen molar-refractivity contribution in [3.63, 3.8) is 0 Å². The number of carbonyl (C=O) groups excluding carboxylic acids is 1. The lowest BCUT2D eigenvalue weighted by Gasteiger charge is -2.45. The maximum absolute atomic E-state index is 12.9. The van der Waals surface area contributed by atoms with E-state index in [1.165, 1.54) is 20.1 Å². The van der Waals surface area contributed by atoms with Crippen LogP contribution in [-0.2, 0) is 14.2 Å². The summed E-state index contributed by atoms with van der Waals surface area (Å²) in [5, 5.41) is 72.3. The number of fused-ring (bicyclic) bond motifs is 1. The zero-order valence-electron chi connectivity index (χ0n) is 22.7. The molecule has 0 aliphatic carbocycles. The van der Waals surface area contributed by atoms with Crippen LogP contribution in [0.15, 0.2) is 36.4 Å². The molecule has 0 radical (unpaired) electrons. The maximum atomic E-state index is 12.9. The fourth-order valence-electron chi connectivity index (χ4n) is 5.20. The molecule has 5 rings (SSSR count). The van der Waals surface area contributed by atoms with Crippen molar-refractivity contribution in [3.8, 4) is 23.0 Å². The van der Waals surface area contributed by atoms with Crippen molar-refractivity contribution in [2.45, 2.75) is 80.9 Å². The minimum absolute atomic E-state index is 0.0200. The van der Waals surface area contributed by atoms with E-state index in [1.54, 1.807) is 24.3 Å². The Kier molecular flexibility index (Phi) is 8.89.